The molecule has 2 aromatic carbocycles. The van der Waals surface area contributed by atoms with Gasteiger partial charge in [0.25, 0.3) is 11.8 Å². The van der Waals surface area contributed by atoms with Crippen LogP contribution >= 0.6 is 0 Å². The van der Waals surface area contributed by atoms with Crippen molar-refractivity contribution in [3.8, 4) is 17.2 Å². The number of β-amino-alcohol motifs (C(OH)–C–C–N with tert-alkyl or cyclic N) is 1. The van der Waals surface area contributed by atoms with Crippen LogP contribution in [0.15, 0.2) is 36.4 Å². The Morgan fingerprint density at radius 2 is 2.09 bits per heavy atom. The smallest absolute Gasteiger partial charge is 0.258 e. The zero-order valence-electron chi connectivity index (χ0n) is 18.9. The van der Waals surface area contributed by atoms with Crippen molar-refractivity contribution < 1.29 is 33.3 Å². The molecule has 2 aliphatic heterocycles. The van der Waals surface area contributed by atoms with E-state index in [9.17, 15) is 19.1 Å². The molecule has 0 aliphatic carbocycles. The minimum absolute atomic E-state index is 0.00438. The summed E-state index contributed by atoms with van der Waals surface area (Å²) >= 11 is 0. The van der Waals surface area contributed by atoms with Crippen LogP contribution in [0.2, 0.25) is 0 Å². The van der Waals surface area contributed by atoms with E-state index < -0.39 is 18.0 Å². The summed E-state index contributed by atoms with van der Waals surface area (Å²) in [7, 11) is 1.47. The van der Waals surface area contributed by atoms with Gasteiger partial charge in [-0.25, -0.2) is 4.39 Å². The zero-order valence-corrected chi connectivity index (χ0v) is 18.9. The van der Waals surface area contributed by atoms with Crippen LogP contribution in [0, 0.1) is 5.82 Å². The number of aliphatic hydroxyl groups excluding tert-OH is 1. The van der Waals surface area contributed by atoms with Gasteiger partial charge < -0.3 is 30.0 Å². The van der Waals surface area contributed by atoms with E-state index >= 15 is 0 Å². The van der Waals surface area contributed by atoms with Gasteiger partial charge in [-0.1, -0.05) is 0 Å². The normalized spacial score (nSPS) is 21.4. The Labute approximate surface area is 196 Å². The molecule has 1 saturated heterocycles. The third kappa shape index (κ3) is 5.75. The van der Waals surface area contributed by atoms with Gasteiger partial charge in [0.1, 0.15) is 17.7 Å². The summed E-state index contributed by atoms with van der Waals surface area (Å²) in [5.41, 5.74) is 0.849. The fourth-order valence-electron chi connectivity index (χ4n) is 4.19. The number of methoxy groups -OCH3 is 1. The number of nitrogens with one attached hydrogen (secondary N) is 2. The third-order valence-electron chi connectivity index (χ3n) is 5.85. The molecule has 9 nitrogen and oxygen atoms in total. The molecule has 34 heavy (non-hydrogen) atoms. The van der Waals surface area contributed by atoms with Crippen molar-refractivity contribution in [1.29, 1.82) is 0 Å². The standard InChI is InChI=1S/C24H28FN3O6/c1-32-21-3-2-16-10-22(21)33-14-23(30)27-19-13-28(6-7-29)5-4-20(19)34-18-9-15(8-17(25)11-18)12-26-24(16)31/h2-3,8-11,19-20,29H,4-7,12-14H2,1H3,(H,26,31)(H,27,30)/t19-,20+/m1/s1. The number of aliphatic hydroxyl groups is 1. The molecule has 0 radical (unpaired) electrons. The molecule has 0 saturated carbocycles. The number of nitrogens with zero attached hydrogens (tertiary/aromatic N) is 1. The summed E-state index contributed by atoms with van der Waals surface area (Å²) in [4.78, 5) is 27.4. The minimum atomic E-state index is -0.485. The highest BCUT2D eigenvalue weighted by Gasteiger charge is 2.32. The molecule has 2 atom stereocenters. The first-order chi connectivity index (χ1) is 16.4. The summed E-state index contributed by atoms with van der Waals surface area (Å²) < 4.78 is 31.4. The van der Waals surface area contributed by atoms with E-state index in [0.29, 0.717) is 48.7 Å². The maximum Gasteiger partial charge on any atom is 0.258 e. The van der Waals surface area contributed by atoms with Crippen molar-refractivity contribution in [2.24, 2.45) is 0 Å². The summed E-state index contributed by atoms with van der Waals surface area (Å²) in [6.45, 7) is 1.41. The van der Waals surface area contributed by atoms with Crippen molar-refractivity contribution in [1.82, 2.24) is 15.5 Å². The summed E-state index contributed by atoms with van der Waals surface area (Å²) in [5.74, 6) is -0.294. The average molecular weight is 474 g/mol. The van der Waals surface area contributed by atoms with E-state index in [-0.39, 0.29) is 37.3 Å². The lowest BCUT2D eigenvalue weighted by atomic mass is 10.0. The summed E-state index contributed by atoms with van der Waals surface area (Å²) in [6.07, 6.45) is 0.165. The van der Waals surface area contributed by atoms with Gasteiger partial charge in [-0.3, -0.25) is 14.5 Å². The number of halogens is 1. The van der Waals surface area contributed by atoms with Crippen LogP contribution in [-0.2, 0) is 11.3 Å². The van der Waals surface area contributed by atoms with Crippen LogP contribution in [0.25, 0.3) is 0 Å². The molecule has 2 heterocycles. The number of fused-ring (bicyclic) bond motifs is 5. The van der Waals surface area contributed by atoms with Crippen LogP contribution in [0.3, 0.4) is 0 Å². The second-order valence-electron chi connectivity index (χ2n) is 8.28. The van der Waals surface area contributed by atoms with E-state index in [4.69, 9.17) is 14.2 Å². The minimum Gasteiger partial charge on any atom is -0.493 e. The molecule has 0 aromatic heterocycles. The molecule has 1 fully saturated rings. The van der Waals surface area contributed by atoms with Gasteiger partial charge in [0, 0.05) is 37.8 Å². The van der Waals surface area contributed by atoms with Gasteiger partial charge in [-0.2, -0.15) is 0 Å². The molecule has 10 heteroatoms. The molecule has 2 amide bonds. The highest BCUT2D eigenvalue weighted by molar-refractivity contribution is 5.94. The van der Waals surface area contributed by atoms with Gasteiger partial charge in [0.15, 0.2) is 18.1 Å². The zero-order chi connectivity index (χ0) is 24.1. The summed E-state index contributed by atoms with van der Waals surface area (Å²) in [5, 5.41) is 15.0. The molecule has 3 N–H and O–H groups in total. The molecule has 2 aliphatic rings. The van der Waals surface area contributed by atoms with Crippen LogP contribution in [0.1, 0.15) is 22.3 Å². The van der Waals surface area contributed by atoms with Gasteiger partial charge in [-0.15, -0.1) is 0 Å². The highest BCUT2D eigenvalue weighted by Crippen LogP contribution is 2.28. The van der Waals surface area contributed by atoms with Crippen LogP contribution < -0.4 is 24.8 Å². The molecular weight excluding hydrogens is 445 g/mol. The lowest BCUT2D eigenvalue weighted by molar-refractivity contribution is -0.125. The molecular formula is C24H28FN3O6. The quantitative estimate of drug-likeness (QED) is 0.612. The summed E-state index contributed by atoms with van der Waals surface area (Å²) in [6, 6.07) is 8.56. The Morgan fingerprint density at radius 3 is 2.88 bits per heavy atom. The fraction of sp³-hybridized carbons (Fsp3) is 0.417. The number of rotatable bonds is 3. The van der Waals surface area contributed by atoms with Crippen molar-refractivity contribution in [3.05, 3.63) is 53.3 Å². The molecule has 0 spiro atoms. The monoisotopic (exact) mass is 473 g/mol. The number of likely N-dealkylation sites (tertiary alicyclic amines) is 1. The van der Waals surface area contributed by atoms with Crippen LogP contribution in [0.4, 0.5) is 4.39 Å². The Balaban J connectivity index is 1.65. The van der Waals surface area contributed by atoms with Gasteiger partial charge >= 0.3 is 0 Å². The van der Waals surface area contributed by atoms with Crippen molar-refractivity contribution in [3.63, 3.8) is 0 Å². The lowest BCUT2D eigenvalue weighted by Crippen LogP contribution is -2.58. The number of piperidine rings is 1. The van der Waals surface area contributed by atoms with Gasteiger partial charge in [-0.05, 0) is 42.3 Å². The van der Waals surface area contributed by atoms with E-state index in [2.05, 4.69) is 10.6 Å². The molecule has 182 valence electrons. The first-order valence-corrected chi connectivity index (χ1v) is 11.1. The Bertz CT molecular complexity index is 1050. The Hall–Kier alpha value is -3.37. The van der Waals surface area contributed by atoms with E-state index in [0.717, 1.165) is 0 Å². The lowest BCUT2D eigenvalue weighted by Gasteiger charge is -2.38. The third-order valence-corrected chi connectivity index (χ3v) is 5.85. The maximum absolute atomic E-state index is 14.3. The van der Waals surface area contributed by atoms with Gasteiger partial charge in [0.05, 0.1) is 19.8 Å². The second-order valence-corrected chi connectivity index (χ2v) is 8.28. The van der Waals surface area contributed by atoms with E-state index in [1.165, 1.54) is 25.3 Å². The van der Waals surface area contributed by atoms with E-state index in [1.54, 1.807) is 18.2 Å². The average Bonchev–Trinajstić information content (AvgIpc) is 2.82. The van der Waals surface area contributed by atoms with E-state index in [1.807, 2.05) is 4.90 Å². The Kier molecular flexibility index (Phi) is 7.49. The second kappa shape index (κ2) is 10.7. The fourth-order valence-corrected chi connectivity index (χ4v) is 4.19. The predicted octanol–water partition coefficient (Wildman–Crippen LogP) is 1.09. The van der Waals surface area contributed by atoms with Crippen LogP contribution in [-0.4, -0.2) is 73.9 Å². The number of carbonyl (C=O) groups excluding carboxylic acids is 2. The molecule has 0 unspecified atom stereocenters. The molecule has 4 rings (SSSR count). The number of hydrogen-bond donors (Lipinski definition) is 3. The topological polar surface area (TPSA) is 109 Å². The predicted molar refractivity (Wildman–Crippen MR) is 121 cm³/mol. The van der Waals surface area contributed by atoms with Crippen LogP contribution in [0.5, 0.6) is 17.2 Å². The largest absolute Gasteiger partial charge is 0.493 e. The molecule has 2 aromatic rings. The molecule has 4 bridgehead atoms. The van der Waals surface area contributed by atoms with Crippen molar-refractivity contribution in [2.75, 3.05) is 40.0 Å². The SMILES string of the molecule is COc1ccc2cc1OCC(=O)N[C@@H]1CN(CCO)CC[C@@H]1Oc1cc(F)cc(c1)CNC2=O. The van der Waals surface area contributed by atoms with Crippen molar-refractivity contribution in [2.45, 2.75) is 25.1 Å². The first kappa shape index (κ1) is 23.8. The number of benzene rings is 2. The number of ether oxygens (including phenoxy) is 3. The highest BCUT2D eigenvalue weighted by atomic mass is 19.1. The number of carbonyl (C=O) groups is 2. The van der Waals surface area contributed by atoms with Crippen molar-refractivity contribution >= 4 is 11.8 Å². The van der Waals surface area contributed by atoms with Gasteiger partial charge in [0.2, 0.25) is 0 Å². The number of amides is 2. The number of hydrogen-bond acceptors (Lipinski definition) is 7. The maximum atomic E-state index is 14.3. The first-order valence-electron chi connectivity index (χ1n) is 11.1. The Morgan fingerprint density at radius 1 is 1.24 bits per heavy atom.